The maximum Gasteiger partial charge on any atom is 0.102 e. The monoisotopic (exact) mass is 159 g/mol. The summed E-state index contributed by atoms with van der Waals surface area (Å²) < 4.78 is 0. The molecule has 1 heterocycles. The van der Waals surface area contributed by atoms with Crippen molar-refractivity contribution in [1.82, 2.24) is 4.98 Å². The average Bonchev–Trinajstić information content (AvgIpc) is 2.34. The van der Waals surface area contributed by atoms with Gasteiger partial charge in [-0.2, -0.15) is 12.6 Å². The van der Waals surface area contributed by atoms with Gasteiger partial charge in [0.15, 0.2) is 0 Å². The lowest BCUT2D eigenvalue weighted by molar-refractivity contribution is 1.16. The van der Waals surface area contributed by atoms with Crippen LogP contribution >= 0.6 is 24.0 Å². The molecule has 0 spiro atoms. The molecular weight excluding hydrogens is 150 g/mol. The van der Waals surface area contributed by atoms with E-state index in [4.69, 9.17) is 0 Å². The highest BCUT2D eigenvalue weighted by molar-refractivity contribution is 7.79. The van der Waals surface area contributed by atoms with Crippen molar-refractivity contribution in [3.8, 4) is 0 Å². The Labute approximate surface area is 64.5 Å². The molecule has 1 aromatic heterocycles. The molecule has 0 N–H and O–H groups in total. The summed E-state index contributed by atoms with van der Waals surface area (Å²) in [7, 11) is 0. The molecule has 0 aliphatic rings. The van der Waals surface area contributed by atoms with E-state index in [1.807, 2.05) is 6.20 Å². The molecule has 9 heavy (non-hydrogen) atoms. The van der Waals surface area contributed by atoms with Gasteiger partial charge in [0.2, 0.25) is 0 Å². The molecule has 0 aliphatic heterocycles. The van der Waals surface area contributed by atoms with Crippen LogP contribution in [0, 0.1) is 0 Å². The number of hydrogen-bond donors (Lipinski definition) is 1. The molecule has 0 aromatic carbocycles. The summed E-state index contributed by atoms with van der Waals surface area (Å²) in [5.41, 5.74) is 0. The van der Waals surface area contributed by atoms with Crippen LogP contribution in [0.4, 0.5) is 0 Å². The minimum absolute atomic E-state index is 0.769. The number of hydrogen-bond acceptors (Lipinski definition) is 3. The van der Waals surface area contributed by atoms with Gasteiger partial charge < -0.3 is 0 Å². The van der Waals surface area contributed by atoms with E-state index in [2.05, 4.69) is 24.5 Å². The first kappa shape index (κ1) is 7.09. The fourth-order valence-electron chi connectivity index (χ4n) is 0.585. The zero-order valence-corrected chi connectivity index (χ0v) is 7.01. The van der Waals surface area contributed by atoms with E-state index in [1.165, 1.54) is 4.88 Å². The molecular formula is C6H9NS2. The van der Waals surface area contributed by atoms with Crippen molar-refractivity contribution in [3.05, 3.63) is 16.1 Å². The van der Waals surface area contributed by atoms with Gasteiger partial charge in [0.25, 0.3) is 0 Å². The fourth-order valence-corrected chi connectivity index (χ4v) is 1.58. The second kappa shape index (κ2) is 3.22. The van der Waals surface area contributed by atoms with Gasteiger partial charge in [0, 0.05) is 16.8 Å². The molecule has 1 nitrogen and oxygen atoms in total. The zero-order valence-electron chi connectivity index (χ0n) is 5.29. The van der Waals surface area contributed by atoms with E-state index in [9.17, 15) is 0 Å². The zero-order chi connectivity index (χ0) is 6.69. The van der Waals surface area contributed by atoms with Crippen molar-refractivity contribution in [2.24, 2.45) is 0 Å². The number of thiol groups is 1. The lowest BCUT2D eigenvalue weighted by atomic mass is 10.4. The number of aryl methyl sites for hydroxylation is 1. The van der Waals surface area contributed by atoms with Gasteiger partial charge in [-0.1, -0.05) is 6.92 Å². The number of aromatic nitrogens is 1. The average molecular weight is 159 g/mol. The summed E-state index contributed by atoms with van der Waals surface area (Å²) >= 11 is 5.86. The highest BCUT2D eigenvalue weighted by Gasteiger charge is 1.95. The summed E-state index contributed by atoms with van der Waals surface area (Å²) in [5.74, 6) is 0.769. The van der Waals surface area contributed by atoms with Crippen molar-refractivity contribution in [3.63, 3.8) is 0 Å². The summed E-state index contributed by atoms with van der Waals surface area (Å²) in [6, 6.07) is 0. The predicted molar refractivity (Wildman–Crippen MR) is 44.2 cm³/mol. The van der Waals surface area contributed by atoms with E-state index >= 15 is 0 Å². The third-order valence-corrected chi connectivity index (χ3v) is 2.74. The molecule has 0 unspecified atom stereocenters. The lowest BCUT2D eigenvalue weighted by Gasteiger charge is -1.81. The van der Waals surface area contributed by atoms with Gasteiger partial charge in [-0.05, 0) is 6.42 Å². The first-order valence-electron chi connectivity index (χ1n) is 2.91. The molecule has 1 aromatic rings. The van der Waals surface area contributed by atoms with Crippen LogP contribution in [0.3, 0.4) is 0 Å². The van der Waals surface area contributed by atoms with Crippen molar-refractivity contribution >= 4 is 24.0 Å². The molecule has 0 radical (unpaired) electrons. The van der Waals surface area contributed by atoms with E-state index in [1.54, 1.807) is 11.3 Å². The molecule has 0 fully saturated rings. The van der Waals surface area contributed by atoms with Gasteiger partial charge in [0.05, 0.1) is 0 Å². The quantitative estimate of drug-likeness (QED) is 0.652. The van der Waals surface area contributed by atoms with E-state index < -0.39 is 0 Å². The minimum atomic E-state index is 0.769. The van der Waals surface area contributed by atoms with Crippen LogP contribution in [0.25, 0.3) is 0 Å². The smallest absolute Gasteiger partial charge is 0.102 e. The van der Waals surface area contributed by atoms with Crippen LogP contribution in [0.5, 0.6) is 0 Å². The van der Waals surface area contributed by atoms with E-state index in [-0.39, 0.29) is 0 Å². The largest absolute Gasteiger partial charge is 0.249 e. The van der Waals surface area contributed by atoms with Crippen LogP contribution < -0.4 is 0 Å². The highest BCUT2D eigenvalue weighted by atomic mass is 32.1. The third-order valence-electron chi connectivity index (χ3n) is 1.09. The van der Waals surface area contributed by atoms with E-state index in [0.717, 1.165) is 17.2 Å². The summed E-state index contributed by atoms with van der Waals surface area (Å²) in [6.07, 6.45) is 3.02. The van der Waals surface area contributed by atoms with Gasteiger partial charge >= 0.3 is 0 Å². The van der Waals surface area contributed by atoms with Crippen molar-refractivity contribution < 1.29 is 0 Å². The Morgan fingerprint density at radius 3 is 2.89 bits per heavy atom. The van der Waals surface area contributed by atoms with Crippen LogP contribution in [-0.4, -0.2) is 4.98 Å². The van der Waals surface area contributed by atoms with Gasteiger partial charge in [-0.3, -0.25) is 0 Å². The summed E-state index contributed by atoms with van der Waals surface area (Å²) in [4.78, 5) is 5.49. The molecule has 50 valence electrons. The summed E-state index contributed by atoms with van der Waals surface area (Å²) in [6.45, 7) is 2.13. The fraction of sp³-hybridized carbons (Fsp3) is 0.500. The molecule has 3 heteroatoms. The Morgan fingerprint density at radius 1 is 1.78 bits per heavy atom. The standard InChI is InChI=1S/C6H9NS2/c1-2-5-3-7-6(4-8)9-5/h3,8H,2,4H2,1H3. The highest BCUT2D eigenvalue weighted by Crippen LogP contribution is 2.14. The SMILES string of the molecule is CCc1cnc(CS)s1. The minimum Gasteiger partial charge on any atom is -0.249 e. The van der Waals surface area contributed by atoms with Crippen LogP contribution in [0.15, 0.2) is 6.20 Å². The molecule has 0 aliphatic carbocycles. The molecule has 0 bridgehead atoms. The number of nitrogens with zero attached hydrogens (tertiary/aromatic N) is 1. The maximum absolute atomic E-state index is 4.15. The van der Waals surface area contributed by atoms with Crippen LogP contribution in [0.2, 0.25) is 0 Å². The first-order valence-corrected chi connectivity index (χ1v) is 4.36. The third kappa shape index (κ3) is 1.69. The first-order chi connectivity index (χ1) is 4.36. The molecule has 0 atom stereocenters. The van der Waals surface area contributed by atoms with Gasteiger partial charge in [0.1, 0.15) is 5.01 Å². The molecule has 0 saturated carbocycles. The second-order valence-electron chi connectivity index (χ2n) is 1.73. The lowest BCUT2D eigenvalue weighted by Crippen LogP contribution is -1.67. The number of thiazole rings is 1. The predicted octanol–water partition coefficient (Wildman–Crippen LogP) is 2.14. The van der Waals surface area contributed by atoms with Crippen LogP contribution in [0.1, 0.15) is 16.8 Å². The maximum atomic E-state index is 4.15. The topological polar surface area (TPSA) is 12.9 Å². The second-order valence-corrected chi connectivity index (χ2v) is 3.25. The summed E-state index contributed by atoms with van der Waals surface area (Å²) in [5, 5.41) is 1.12. The Bertz CT molecular complexity index is 164. The van der Waals surface area contributed by atoms with Crippen molar-refractivity contribution in [2.75, 3.05) is 0 Å². The Morgan fingerprint density at radius 2 is 2.56 bits per heavy atom. The van der Waals surface area contributed by atoms with Crippen molar-refractivity contribution in [2.45, 2.75) is 19.1 Å². The molecule has 1 rings (SSSR count). The normalized spacial score (nSPS) is 10.0. The van der Waals surface area contributed by atoms with E-state index in [0.29, 0.717) is 0 Å². The van der Waals surface area contributed by atoms with Gasteiger partial charge in [-0.15, -0.1) is 11.3 Å². The number of rotatable bonds is 2. The Kier molecular flexibility index (Phi) is 2.54. The molecule has 0 amide bonds. The Hall–Kier alpha value is -0.0200. The van der Waals surface area contributed by atoms with Gasteiger partial charge in [-0.25, -0.2) is 4.98 Å². The van der Waals surface area contributed by atoms with Crippen molar-refractivity contribution in [1.29, 1.82) is 0 Å². The molecule has 0 saturated heterocycles. The Balaban J connectivity index is 2.74. The van der Waals surface area contributed by atoms with Crippen LogP contribution in [-0.2, 0) is 12.2 Å².